The minimum absolute atomic E-state index is 0.0126. The van der Waals surface area contributed by atoms with E-state index < -0.39 is 0 Å². The molecule has 0 amide bonds. The number of rotatable bonds is 5. The Balaban J connectivity index is 1.57. The van der Waals surface area contributed by atoms with Gasteiger partial charge in [-0.25, -0.2) is 0 Å². The summed E-state index contributed by atoms with van der Waals surface area (Å²) in [6.07, 6.45) is 0.105. The van der Waals surface area contributed by atoms with Gasteiger partial charge in [-0.1, -0.05) is 6.58 Å². The fourth-order valence-corrected chi connectivity index (χ4v) is 4.75. The molecule has 0 unspecified atom stereocenters. The highest BCUT2D eigenvalue weighted by Gasteiger charge is 2.44. The average Bonchev–Trinajstić information content (AvgIpc) is 3.40. The maximum Gasteiger partial charge on any atom is 0.164 e. The molecule has 8 nitrogen and oxygen atoms in total. The van der Waals surface area contributed by atoms with Gasteiger partial charge < -0.3 is 29.2 Å². The molecule has 3 aliphatic heterocycles. The first kappa shape index (κ1) is 20.5. The van der Waals surface area contributed by atoms with Crippen LogP contribution in [-0.2, 0) is 6.42 Å². The highest BCUT2D eigenvalue weighted by Crippen LogP contribution is 2.48. The van der Waals surface area contributed by atoms with Crippen LogP contribution in [0.5, 0.6) is 28.7 Å². The maximum absolute atomic E-state index is 11.2. The molecule has 32 heavy (non-hydrogen) atoms. The Labute approximate surface area is 186 Å². The number of aromatic hydroxyl groups is 1. The second-order valence-electron chi connectivity index (χ2n) is 8.23. The molecule has 0 aliphatic carbocycles. The molecule has 0 aromatic heterocycles. The molecule has 0 saturated heterocycles. The molecule has 2 N–H and O–H groups in total. The zero-order chi connectivity index (χ0) is 22.6. The van der Waals surface area contributed by atoms with Gasteiger partial charge in [0.25, 0.3) is 0 Å². The largest absolute Gasteiger partial charge is 0.507 e. The number of phenols is 1. The lowest BCUT2D eigenvalue weighted by Gasteiger charge is -2.32. The summed E-state index contributed by atoms with van der Waals surface area (Å²) in [6.45, 7) is 4.17. The lowest BCUT2D eigenvalue weighted by molar-refractivity contribution is 0.155. The van der Waals surface area contributed by atoms with Crippen molar-refractivity contribution in [3.8, 4) is 28.7 Å². The number of aliphatic hydroxyl groups excluding tert-OH is 1. The van der Waals surface area contributed by atoms with E-state index in [2.05, 4.69) is 6.58 Å². The third-order valence-corrected chi connectivity index (χ3v) is 6.52. The SMILES string of the molecule is C=C(CO)[C@H]1Cc2c(ccc(C3=NN(C)[C@@H]4COc5cc(OC)c(OC)cc5[C@H]34)c2O)O1. The Bertz CT molecular complexity index is 1130. The van der Waals surface area contributed by atoms with Gasteiger partial charge in [-0.2, -0.15) is 5.10 Å². The van der Waals surface area contributed by atoms with Crippen LogP contribution in [0.4, 0.5) is 0 Å². The molecule has 8 heteroatoms. The number of phenolic OH excluding ortho intramolecular Hbond substituents is 1. The number of benzene rings is 2. The van der Waals surface area contributed by atoms with Gasteiger partial charge in [0, 0.05) is 36.2 Å². The summed E-state index contributed by atoms with van der Waals surface area (Å²) in [6, 6.07) is 7.43. The van der Waals surface area contributed by atoms with Gasteiger partial charge in [-0.3, -0.25) is 5.01 Å². The lowest BCUT2D eigenvalue weighted by Crippen LogP contribution is -2.38. The van der Waals surface area contributed by atoms with Gasteiger partial charge in [-0.15, -0.1) is 0 Å². The van der Waals surface area contributed by atoms with Crippen LogP contribution in [0.15, 0.2) is 41.5 Å². The van der Waals surface area contributed by atoms with Crippen molar-refractivity contribution in [3.63, 3.8) is 0 Å². The average molecular weight is 438 g/mol. The Morgan fingerprint density at radius 2 is 1.97 bits per heavy atom. The second kappa shape index (κ2) is 7.63. The third kappa shape index (κ3) is 2.97. The summed E-state index contributed by atoms with van der Waals surface area (Å²) in [5.41, 5.74) is 3.64. The van der Waals surface area contributed by atoms with E-state index in [0.29, 0.717) is 47.0 Å². The van der Waals surface area contributed by atoms with Crippen LogP contribution in [0.3, 0.4) is 0 Å². The molecule has 2 aromatic rings. The van der Waals surface area contributed by atoms with Crippen LogP contribution in [-0.4, -0.2) is 67.6 Å². The van der Waals surface area contributed by atoms with Crippen molar-refractivity contribution in [2.45, 2.75) is 24.5 Å². The van der Waals surface area contributed by atoms with Crippen LogP contribution >= 0.6 is 0 Å². The van der Waals surface area contributed by atoms with Crippen LogP contribution in [0, 0.1) is 0 Å². The summed E-state index contributed by atoms with van der Waals surface area (Å²) >= 11 is 0. The van der Waals surface area contributed by atoms with Crippen molar-refractivity contribution in [2.75, 3.05) is 34.5 Å². The topological polar surface area (TPSA) is 93.0 Å². The van der Waals surface area contributed by atoms with Gasteiger partial charge in [0.2, 0.25) is 0 Å². The van der Waals surface area contributed by atoms with Gasteiger partial charge in [0.15, 0.2) is 11.5 Å². The molecule has 0 bridgehead atoms. The molecule has 2 aromatic carbocycles. The predicted octanol–water partition coefficient (Wildman–Crippen LogP) is 2.46. The fraction of sp³-hybridized carbons (Fsp3) is 0.375. The number of aliphatic hydroxyl groups is 1. The van der Waals surface area contributed by atoms with E-state index in [1.165, 1.54) is 0 Å². The molecule has 3 heterocycles. The Hall–Kier alpha value is -3.39. The Morgan fingerprint density at radius 1 is 1.22 bits per heavy atom. The predicted molar refractivity (Wildman–Crippen MR) is 118 cm³/mol. The minimum Gasteiger partial charge on any atom is -0.507 e. The van der Waals surface area contributed by atoms with Gasteiger partial charge >= 0.3 is 0 Å². The van der Waals surface area contributed by atoms with E-state index in [0.717, 1.165) is 17.0 Å². The number of hydrazone groups is 1. The van der Waals surface area contributed by atoms with Gasteiger partial charge in [0.1, 0.15) is 30.0 Å². The molecule has 0 fully saturated rings. The highest BCUT2D eigenvalue weighted by molar-refractivity contribution is 6.09. The van der Waals surface area contributed by atoms with Crippen molar-refractivity contribution >= 4 is 5.71 Å². The summed E-state index contributed by atoms with van der Waals surface area (Å²) in [7, 11) is 5.11. The summed E-state index contributed by atoms with van der Waals surface area (Å²) in [5, 5.41) is 27.3. The zero-order valence-corrected chi connectivity index (χ0v) is 18.3. The first-order chi connectivity index (χ1) is 15.5. The number of likely N-dealkylation sites (N-methyl/N-ethyl adjacent to an activating group) is 1. The molecule has 3 aliphatic rings. The van der Waals surface area contributed by atoms with Crippen LogP contribution in [0.2, 0.25) is 0 Å². The van der Waals surface area contributed by atoms with Crippen molar-refractivity contribution in [3.05, 3.63) is 53.1 Å². The molecular weight excluding hydrogens is 412 g/mol. The van der Waals surface area contributed by atoms with Gasteiger partial charge in [-0.05, 0) is 23.8 Å². The fourth-order valence-electron chi connectivity index (χ4n) is 4.75. The van der Waals surface area contributed by atoms with Crippen LogP contribution in [0.25, 0.3) is 0 Å². The molecule has 168 valence electrons. The zero-order valence-electron chi connectivity index (χ0n) is 18.3. The van der Waals surface area contributed by atoms with Crippen LogP contribution < -0.4 is 18.9 Å². The van der Waals surface area contributed by atoms with E-state index in [4.69, 9.17) is 24.0 Å². The Morgan fingerprint density at radius 3 is 2.69 bits per heavy atom. The smallest absolute Gasteiger partial charge is 0.164 e. The molecule has 3 atom stereocenters. The van der Waals surface area contributed by atoms with Crippen molar-refractivity contribution in [2.24, 2.45) is 5.10 Å². The molecule has 0 spiro atoms. The summed E-state index contributed by atoms with van der Waals surface area (Å²) in [4.78, 5) is 0. The van der Waals surface area contributed by atoms with E-state index in [1.807, 2.05) is 36.3 Å². The number of hydrogen-bond donors (Lipinski definition) is 2. The maximum atomic E-state index is 11.2. The summed E-state index contributed by atoms with van der Waals surface area (Å²) < 4.78 is 22.9. The van der Waals surface area contributed by atoms with E-state index >= 15 is 0 Å². The lowest BCUT2D eigenvalue weighted by atomic mass is 9.82. The first-order valence-electron chi connectivity index (χ1n) is 10.5. The Kier molecular flexibility index (Phi) is 4.89. The molecule has 0 saturated carbocycles. The number of hydrogen-bond acceptors (Lipinski definition) is 8. The molecule has 0 radical (unpaired) electrons. The van der Waals surface area contributed by atoms with Crippen LogP contribution in [0.1, 0.15) is 22.6 Å². The number of fused-ring (bicyclic) bond motifs is 4. The van der Waals surface area contributed by atoms with E-state index in [-0.39, 0.29) is 30.4 Å². The minimum atomic E-state index is -0.349. The molecular formula is C24H26N2O6. The normalized spacial score (nSPS) is 22.8. The molecule has 5 rings (SSSR count). The summed E-state index contributed by atoms with van der Waals surface area (Å²) in [5.74, 6) is 2.57. The first-order valence-corrected chi connectivity index (χ1v) is 10.5. The number of nitrogens with zero attached hydrogens (tertiary/aromatic N) is 2. The number of ether oxygens (including phenoxy) is 4. The quantitative estimate of drug-likeness (QED) is 0.693. The third-order valence-electron chi connectivity index (χ3n) is 6.52. The highest BCUT2D eigenvalue weighted by atomic mass is 16.5. The number of methoxy groups -OCH3 is 2. The van der Waals surface area contributed by atoms with Crippen molar-refractivity contribution < 1.29 is 29.2 Å². The standard InChI is InChI=1S/C24H26N2O6/c1-12(10-27)18-8-15-17(32-18)6-5-13(24(15)28)23-22-14-7-20(29-3)21(30-4)9-19(14)31-11-16(22)26(2)25-23/h5-7,9,16,18,22,27-28H,1,8,10-11H2,2-4H3/t16-,18-,22+/m1/s1. The second-order valence-corrected chi connectivity index (χ2v) is 8.23. The van der Waals surface area contributed by atoms with Gasteiger partial charge in [0.05, 0.1) is 38.5 Å². The monoisotopic (exact) mass is 438 g/mol. The van der Waals surface area contributed by atoms with E-state index in [1.54, 1.807) is 14.2 Å². The van der Waals surface area contributed by atoms with E-state index in [9.17, 15) is 10.2 Å². The van der Waals surface area contributed by atoms with Crippen molar-refractivity contribution in [1.29, 1.82) is 0 Å². The van der Waals surface area contributed by atoms with Crippen molar-refractivity contribution in [1.82, 2.24) is 5.01 Å².